The second kappa shape index (κ2) is 6.33. The fourth-order valence-corrected chi connectivity index (χ4v) is 2.61. The number of carboxylic acid groups (broad SMARTS) is 1. The van der Waals surface area contributed by atoms with Crippen LogP contribution in [-0.4, -0.2) is 46.1 Å². The fraction of sp³-hybridized carbons (Fsp3) is 0.500. The van der Waals surface area contributed by atoms with Crippen molar-refractivity contribution >= 4 is 11.9 Å². The topological polar surface area (TPSA) is 70.5 Å². The van der Waals surface area contributed by atoms with Crippen molar-refractivity contribution in [2.45, 2.75) is 24.9 Å². The van der Waals surface area contributed by atoms with Gasteiger partial charge in [-0.3, -0.25) is 14.6 Å². The maximum absolute atomic E-state index is 12.2. The van der Waals surface area contributed by atoms with Gasteiger partial charge in [-0.15, -0.1) is 0 Å². The Morgan fingerprint density at radius 2 is 1.91 bits per heavy atom. The van der Waals surface area contributed by atoms with Crippen LogP contribution >= 0.6 is 0 Å². The molecule has 1 saturated heterocycles. The number of aliphatic carboxylic acids is 1. The summed E-state index contributed by atoms with van der Waals surface area (Å²) in [5, 5.41) is 9.27. The van der Waals surface area contributed by atoms with E-state index in [2.05, 4.69) is 4.98 Å². The van der Waals surface area contributed by atoms with Gasteiger partial charge in [0, 0.05) is 37.8 Å². The van der Waals surface area contributed by atoms with Crippen LogP contribution in [0.1, 0.15) is 24.3 Å². The van der Waals surface area contributed by atoms with E-state index in [0.29, 0.717) is 5.56 Å². The van der Waals surface area contributed by atoms with Crippen molar-refractivity contribution in [3.63, 3.8) is 0 Å². The van der Waals surface area contributed by atoms with E-state index in [-0.39, 0.29) is 13.1 Å². The summed E-state index contributed by atoms with van der Waals surface area (Å²) in [6.45, 7) is 0.0384. The summed E-state index contributed by atoms with van der Waals surface area (Å²) in [5.41, 5.74) is 0.716. The molecule has 0 radical (unpaired) electrons. The molecule has 1 aliphatic rings. The minimum Gasteiger partial charge on any atom is -0.481 e. The molecule has 0 aliphatic carbocycles. The van der Waals surface area contributed by atoms with Crippen molar-refractivity contribution in [3.05, 3.63) is 30.1 Å². The Bertz CT molecular complexity index is 548. The van der Waals surface area contributed by atoms with Crippen molar-refractivity contribution in [2.24, 2.45) is 5.92 Å². The summed E-state index contributed by atoms with van der Waals surface area (Å²) in [4.78, 5) is 28.2. The second-order valence-corrected chi connectivity index (χ2v) is 5.25. The Hall–Kier alpha value is -2.12. The predicted octanol–water partition coefficient (Wildman–Crippen LogP) is 2.05. The lowest BCUT2D eigenvalue weighted by Gasteiger charge is -2.17. The van der Waals surface area contributed by atoms with Gasteiger partial charge in [-0.2, -0.15) is 13.2 Å². The molecule has 1 aromatic rings. The van der Waals surface area contributed by atoms with E-state index in [4.69, 9.17) is 0 Å². The van der Waals surface area contributed by atoms with Crippen molar-refractivity contribution in [1.82, 2.24) is 9.88 Å². The molecular weight excluding hydrogens is 301 g/mol. The van der Waals surface area contributed by atoms with Crippen LogP contribution in [0.15, 0.2) is 24.5 Å². The van der Waals surface area contributed by atoms with Gasteiger partial charge in [0.2, 0.25) is 5.91 Å². The minimum atomic E-state index is -4.40. The van der Waals surface area contributed by atoms with Gasteiger partial charge in [-0.25, -0.2) is 0 Å². The molecule has 1 aliphatic heterocycles. The number of alkyl halides is 3. The van der Waals surface area contributed by atoms with E-state index in [1.54, 1.807) is 12.1 Å². The number of carbonyl (C=O) groups is 2. The number of likely N-dealkylation sites (tertiary alicyclic amines) is 1. The Labute approximate surface area is 124 Å². The fourth-order valence-electron chi connectivity index (χ4n) is 2.61. The number of pyridine rings is 1. The molecule has 0 spiro atoms. The molecule has 5 nitrogen and oxygen atoms in total. The van der Waals surface area contributed by atoms with Gasteiger partial charge in [0.05, 0.1) is 12.3 Å². The van der Waals surface area contributed by atoms with Crippen molar-refractivity contribution in [3.8, 4) is 0 Å². The number of hydrogen-bond donors (Lipinski definition) is 1. The number of halogens is 3. The number of carbonyl (C=O) groups excluding carboxylic acids is 1. The molecule has 1 aromatic heterocycles. The van der Waals surface area contributed by atoms with Gasteiger partial charge in [0.25, 0.3) is 0 Å². The standard InChI is InChI=1S/C14H15F3N2O3/c15-14(16,17)4-1-12(20)19-7-10(11(8-19)13(21)22)9-2-5-18-6-3-9/h2-3,5-6,10-11H,1,4,7-8H2,(H,21,22)/t10-,11+/m0/s1. The Balaban J connectivity index is 2.08. The molecule has 120 valence electrons. The molecule has 2 rings (SSSR count). The summed E-state index contributed by atoms with van der Waals surface area (Å²) in [7, 11) is 0. The molecule has 2 atom stereocenters. The first kappa shape index (κ1) is 16.3. The monoisotopic (exact) mass is 316 g/mol. The number of aromatic nitrogens is 1. The van der Waals surface area contributed by atoms with Gasteiger partial charge in [-0.1, -0.05) is 0 Å². The Morgan fingerprint density at radius 1 is 1.27 bits per heavy atom. The lowest BCUT2D eigenvalue weighted by molar-refractivity contribution is -0.149. The zero-order valence-electron chi connectivity index (χ0n) is 11.6. The molecule has 8 heteroatoms. The van der Waals surface area contributed by atoms with Crippen LogP contribution in [0.25, 0.3) is 0 Å². The second-order valence-electron chi connectivity index (χ2n) is 5.25. The molecule has 22 heavy (non-hydrogen) atoms. The zero-order chi connectivity index (χ0) is 16.3. The number of nitrogens with zero attached hydrogens (tertiary/aromatic N) is 2. The van der Waals surface area contributed by atoms with Crippen LogP contribution in [0.4, 0.5) is 13.2 Å². The van der Waals surface area contributed by atoms with Gasteiger partial charge >= 0.3 is 12.1 Å². The van der Waals surface area contributed by atoms with Crippen LogP contribution in [0, 0.1) is 5.92 Å². The average Bonchev–Trinajstić information content (AvgIpc) is 2.90. The summed E-state index contributed by atoms with van der Waals surface area (Å²) >= 11 is 0. The molecule has 0 saturated carbocycles. The van der Waals surface area contributed by atoms with Crippen LogP contribution < -0.4 is 0 Å². The van der Waals surface area contributed by atoms with E-state index in [1.807, 2.05) is 0 Å². The summed E-state index contributed by atoms with van der Waals surface area (Å²) in [6.07, 6.45) is -3.21. The maximum atomic E-state index is 12.2. The quantitative estimate of drug-likeness (QED) is 0.923. The molecule has 1 fully saturated rings. The Kier molecular flexibility index (Phi) is 4.68. The maximum Gasteiger partial charge on any atom is 0.389 e. The van der Waals surface area contributed by atoms with Crippen molar-refractivity contribution in [1.29, 1.82) is 0 Å². The van der Waals surface area contributed by atoms with Crippen LogP contribution in [0.5, 0.6) is 0 Å². The molecule has 0 unspecified atom stereocenters. The third kappa shape index (κ3) is 3.96. The molecule has 1 N–H and O–H groups in total. The van der Waals surface area contributed by atoms with E-state index >= 15 is 0 Å². The first-order valence-corrected chi connectivity index (χ1v) is 6.75. The smallest absolute Gasteiger partial charge is 0.389 e. The van der Waals surface area contributed by atoms with Gasteiger partial charge < -0.3 is 10.0 Å². The third-order valence-electron chi connectivity index (χ3n) is 3.75. The lowest BCUT2D eigenvalue weighted by atomic mass is 9.90. The number of rotatable bonds is 4. The Morgan fingerprint density at radius 3 is 2.45 bits per heavy atom. The highest BCUT2D eigenvalue weighted by molar-refractivity contribution is 5.79. The van der Waals surface area contributed by atoms with E-state index < -0.39 is 42.7 Å². The summed E-state index contributed by atoms with van der Waals surface area (Å²) in [6, 6.07) is 3.31. The predicted molar refractivity (Wildman–Crippen MR) is 70.0 cm³/mol. The molecule has 0 aromatic carbocycles. The van der Waals surface area contributed by atoms with Crippen molar-refractivity contribution < 1.29 is 27.9 Å². The molecular formula is C14H15F3N2O3. The van der Waals surface area contributed by atoms with Crippen LogP contribution in [0.2, 0.25) is 0 Å². The molecule has 1 amide bonds. The van der Waals surface area contributed by atoms with Crippen LogP contribution in [0.3, 0.4) is 0 Å². The highest BCUT2D eigenvalue weighted by atomic mass is 19.4. The largest absolute Gasteiger partial charge is 0.481 e. The number of carboxylic acids is 1. The highest BCUT2D eigenvalue weighted by Crippen LogP contribution is 2.33. The first-order valence-electron chi connectivity index (χ1n) is 6.75. The van der Waals surface area contributed by atoms with Crippen molar-refractivity contribution in [2.75, 3.05) is 13.1 Å². The molecule has 2 heterocycles. The van der Waals surface area contributed by atoms with Crippen LogP contribution in [-0.2, 0) is 9.59 Å². The van der Waals surface area contributed by atoms with Gasteiger partial charge in [-0.05, 0) is 17.7 Å². The zero-order valence-corrected chi connectivity index (χ0v) is 11.6. The van der Waals surface area contributed by atoms with E-state index in [9.17, 15) is 27.9 Å². The minimum absolute atomic E-state index is 0.0704. The number of amides is 1. The first-order chi connectivity index (χ1) is 10.3. The summed E-state index contributed by atoms with van der Waals surface area (Å²) < 4.78 is 36.5. The van der Waals surface area contributed by atoms with E-state index in [0.717, 1.165) is 0 Å². The van der Waals surface area contributed by atoms with Gasteiger partial charge in [0.15, 0.2) is 0 Å². The number of hydrogen-bond acceptors (Lipinski definition) is 3. The highest BCUT2D eigenvalue weighted by Gasteiger charge is 2.41. The SMILES string of the molecule is O=C(O)[C@@H]1CN(C(=O)CCC(F)(F)F)C[C@H]1c1ccncc1. The normalized spacial score (nSPS) is 21.9. The average molecular weight is 316 g/mol. The lowest BCUT2D eigenvalue weighted by Crippen LogP contribution is -2.30. The third-order valence-corrected chi connectivity index (χ3v) is 3.75. The summed E-state index contributed by atoms with van der Waals surface area (Å²) in [5.74, 6) is -2.99. The van der Waals surface area contributed by atoms with E-state index in [1.165, 1.54) is 17.3 Å². The van der Waals surface area contributed by atoms with Gasteiger partial charge in [0.1, 0.15) is 0 Å². The molecule has 0 bridgehead atoms.